The van der Waals surface area contributed by atoms with Gasteiger partial charge in [0, 0.05) is 13.2 Å². The molecule has 3 rings (SSSR count). The Balaban J connectivity index is 1.75. The molecule has 0 aliphatic carbocycles. The predicted octanol–water partition coefficient (Wildman–Crippen LogP) is 2.41. The third kappa shape index (κ3) is 4.64. The standard InChI is InChI=1S/C23H24N2O6/c1-13-5-6-14(2)19(9-13)25-21(27)17-8-7-16(10-18(17)22(25)28)23(29)31-12-20(26)24-15(3)11-30-4/h5-10,15H,11-12H2,1-4H3,(H,24,26)/t15-/m0/s1. The average molecular weight is 424 g/mol. The number of nitrogens with zero attached hydrogens (tertiary/aromatic N) is 1. The zero-order valence-corrected chi connectivity index (χ0v) is 17.9. The van der Waals surface area contributed by atoms with E-state index < -0.39 is 30.3 Å². The first kappa shape index (κ1) is 22.2. The molecule has 3 amide bonds. The highest BCUT2D eigenvalue weighted by atomic mass is 16.5. The largest absolute Gasteiger partial charge is 0.452 e. The fourth-order valence-electron chi connectivity index (χ4n) is 3.37. The van der Waals surface area contributed by atoms with Crippen LogP contribution in [0, 0.1) is 13.8 Å². The van der Waals surface area contributed by atoms with E-state index >= 15 is 0 Å². The summed E-state index contributed by atoms with van der Waals surface area (Å²) < 4.78 is 9.96. The lowest BCUT2D eigenvalue weighted by Crippen LogP contribution is -2.38. The van der Waals surface area contributed by atoms with Gasteiger partial charge >= 0.3 is 5.97 Å². The minimum absolute atomic E-state index is 0.0838. The number of benzene rings is 2. The van der Waals surface area contributed by atoms with E-state index in [9.17, 15) is 19.2 Å². The first-order chi connectivity index (χ1) is 14.7. The number of esters is 1. The lowest BCUT2D eigenvalue weighted by Gasteiger charge is -2.17. The molecular weight excluding hydrogens is 400 g/mol. The summed E-state index contributed by atoms with van der Waals surface area (Å²) >= 11 is 0. The van der Waals surface area contributed by atoms with Crippen molar-refractivity contribution in [2.24, 2.45) is 0 Å². The van der Waals surface area contributed by atoms with Gasteiger partial charge in [0.1, 0.15) is 0 Å². The topological polar surface area (TPSA) is 102 Å². The molecule has 162 valence electrons. The molecule has 0 saturated carbocycles. The average Bonchev–Trinajstić information content (AvgIpc) is 2.98. The monoisotopic (exact) mass is 424 g/mol. The van der Waals surface area contributed by atoms with E-state index in [4.69, 9.17) is 9.47 Å². The molecule has 0 saturated heterocycles. The summed E-state index contributed by atoms with van der Waals surface area (Å²) in [6.45, 7) is 5.32. The zero-order valence-electron chi connectivity index (χ0n) is 17.9. The first-order valence-corrected chi connectivity index (χ1v) is 9.78. The number of anilines is 1. The molecule has 0 radical (unpaired) electrons. The molecule has 1 aliphatic heterocycles. The number of methoxy groups -OCH3 is 1. The summed E-state index contributed by atoms with van der Waals surface area (Å²) in [5.74, 6) is -2.18. The number of nitrogens with one attached hydrogen (secondary N) is 1. The molecule has 0 unspecified atom stereocenters. The van der Waals surface area contributed by atoms with Crippen molar-refractivity contribution in [1.82, 2.24) is 5.32 Å². The quantitative estimate of drug-likeness (QED) is 0.541. The molecule has 0 bridgehead atoms. The number of carbonyl (C=O) groups is 4. The molecule has 8 nitrogen and oxygen atoms in total. The minimum atomic E-state index is -0.761. The summed E-state index contributed by atoms with van der Waals surface area (Å²) in [6, 6.07) is 9.45. The molecule has 2 aromatic carbocycles. The van der Waals surface area contributed by atoms with E-state index in [0.29, 0.717) is 12.3 Å². The lowest BCUT2D eigenvalue weighted by molar-refractivity contribution is -0.125. The van der Waals surface area contributed by atoms with Crippen LogP contribution in [-0.4, -0.2) is 50.1 Å². The van der Waals surface area contributed by atoms with Crippen LogP contribution >= 0.6 is 0 Å². The molecule has 1 aliphatic rings. The van der Waals surface area contributed by atoms with Gasteiger partial charge in [-0.1, -0.05) is 12.1 Å². The van der Waals surface area contributed by atoms with E-state index in [1.807, 2.05) is 26.0 Å². The molecule has 0 fully saturated rings. The van der Waals surface area contributed by atoms with Gasteiger partial charge in [-0.05, 0) is 56.2 Å². The van der Waals surface area contributed by atoms with Crippen molar-refractivity contribution in [2.45, 2.75) is 26.8 Å². The van der Waals surface area contributed by atoms with Gasteiger partial charge in [0.2, 0.25) is 0 Å². The van der Waals surface area contributed by atoms with Crippen LogP contribution in [0.15, 0.2) is 36.4 Å². The van der Waals surface area contributed by atoms with Crippen molar-refractivity contribution in [3.05, 3.63) is 64.2 Å². The first-order valence-electron chi connectivity index (χ1n) is 9.78. The molecule has 1 heterocycles. The third-order valence-corrected chi connectivity index (χ3v) is 4.89. The molecule has 8 heteroatoms. The van der Waals surface area contributed by atoms with E-state index in [-0.39, 0.29) is 22.7 Å². The molecule has 0 spiro atoms. The van der Waals surface area contributed by atoms with Crippen molar-refractivity contribution in [2.75, 3.05) is 25.2 Å². The number of rotatable bonds is 7. The maximum absolute atomic E-state index is 13.0. The Kier molecular flexibility index (Phi) is 6.50. The Bertz CT molecular complexity index is 1060. The van der Waals surface area contributed by atoms with Gasteiger partial charge in [0.15, 0.2) is 6.61 Å². The van der Waals surface area contributed by atoms with Crippen molar-refractivity contribution in [3.63, 3.8) is 0 Å². The van der Waals surface area contributed by atoms with Crippen LogP contribution in [0.4, 0.5) is 5.69 Å². The van der Waals surface area contributed by atoms with Crippen LogP contribution in [0.5, 0.6) is 0 Å². The number of imide groups is 1. The van der Waals surface area contributed by atoms with Gasteiger partial charge in [0.25, 0.3) is 17.7 Å². The summed E-state index contributed by atoms with van der Waals surface area (Å²) in [5.41, 5.74) is 2.64. The van der Waals surface area contributed by atoms with Crippen LogP contribution in [-0.2, 0) is 14.3 Å². The minimum Gasteiger partial charge on any atom is -0.452 e. The van der Waals surface area contributed by atoms with Gasteiger partial charge < -0.3 is 14.8 Å². The predicted molar refractivity (Wildman–Crippen MR) is 113 cm³/mol. The van der Waals surface area contributed by atoms with Gasteiger partial charge in [0.05, 0.1) is 29.0 Å². The van der Waals surface area contributed by atoms with Gasteiger partial charge in [-0.3, -0.25) is 14.4 Å². The van der Waals surface area contributed by atoms with Crippen molar-refractivity contribution < 1.29 is 28.7 Å². The maximum Gasteiger partial charge on any atom is 0.338 e. The number of fused-ring (bicyclic) bond motifs is 1. The highest BCUT2D eigenvalue weighted by molar-refractivity contribution is 6.35. The molecular formula is C23H24N2O6. The lowest BCUT2D eigenvalue weighted by atomic mass is 10.1. The third-order valence-electron chi connectivity index (χ3n) is 4.89. The molecule has 2 aromatic rings. The summed E-state index contributed by atoms with van der Waals surface area (Å²) in [4.78, 5) is 51.2. The Hall–Kier alpha value is -3.52. The number of ether oxygens (including phenoxy) is 2. The van der Waals surface area contributed by atoms with E-state index in [0.717, 1.165) is 16.0 Å². The smallest absolute Gasteiger partial charge is 0.338 e. The number of hydrogen-bond acceptors (Lipinski definition) is 6. The van der Waals surface area contributed by atoms with Gasteiger partial charge in [-0.25, -0.2) is 9.69 Å². The molecule has 1 N–H and O–H groups in total. The van der Waals surface area contributed by atoms with Crippen molar-refractivity contribution >= 4 is 29.4 Å². The fraction of sp³-hybridized carbons (Fsp3) is 0.304. The SMILES string of the molecule is COC[C@H](C)NC(=O)COC(=O)c1ccc2c(c1)C(=O)N(c1cc(C)ccc1C)C2=O. The van der Waals surface area contributed by atoms with Crippen molar-refractivity contribution in [1.29, 1.82) is 0 Å². The molecule has 0 aromatic heterocycles. The Morgan fingerprint density at radius 2 is 1.74 bits per heavy atom. The second kappa shape index (κ2) is 9.09. The second-order valence-electron chi connectivity index (χ2n) is 7.50. The number of amides is 3. The van der Waals surface area contributed by atoms with Gasteiger partial charge in [-0.15, -0.1) is 0 Å². The van der Waals surface area contributed by atoms with Crippen LogP contribution < -0.4 is 10.2 Å². The highest BCUT2D eigenvalue weighted by Crippen LogP contribution is 2.31. The summed E-state index contributed by atoms with van der Waals surface area (Å²) in [7, 11) is 1.52. The Morgan fingerprint density at radius 3 is 2.45 bits per heavy atom. The van der Waals surface area contributed by atoms with E-state index in [1.54, 1.807) is 13.0 Å². The maximum atomic E-state index is 13.0. The van der Waals surface area contributed by atoms with Gasteiger partial charge in [-0.2, -0.15) is 0 Å². The number of aryl methyl sites for hydroxylation is 2. The summed E-state index contributed by atoms with van der Waals surface area (Å²) in [6.07, 6.45) is 0. The Labute approximate surface area is 180 Å². The normalized spacial score (nSPS) is 13.7. The fourth-order valence-corrected chi connectivity index (χ4v) is 3.37. The zero-order chi connectivity index (χ0) is 22.7. The van der Waals surface area contributed by atoms with Crippen LogP contribution in [0.3, 0.4) is 0 Å². The van der Waals surface area contributed by atoms with Crippen LogP contribution in [0.25, 0.3) is 0 Å². The number of carbonyl (C=O) groups excluding carboxylic acids is 4. The number of hydrogen-bond donors (Lipinski definition) is 1. The van der Waals surface area contributed by atoms with Crippen LogP contribution in [0.2, 0.25) is 0 Å². The van der Waals surface area contributed by atoms with Crippen LogP contribution in [0.1, 0.15) is 49.1 Å². The summed E-state index contributed by atoms with van der Waals surface area (Å²) in [5, 5.41) is 2.63. The molecule has 31 heavy (non-hydrogen) atoms. The van der Waals surface area contributed by atoms with Crippen molar-refractivity contribution in [3.8, 4) is 0 Å². The Morgan fingerprint density at radius 1 is 1.03 bits per heavy atom. The van der Waals surface area contributed by atoms with E-state index in [1.165, 1.54) is 25.3 Å². The highest BCUT2D eigenvalue weighted by Gasteiger charge is 2.38. The van der Waals surface area contributed by atoms with E-state index in [2.05, 4.69) is 5.32 Å². The second-order valence-corrected chi connectivity index (χ2v) is 7.50. The molecule has 1 atom stereocenters.